The Morgan fingerprint density at radius 1 is 1.00 bits per heavy atom. The average Bonchev–Trinajstić information content (AvgIpc) is 2.64. The molecule has 2 aromatic rings. The van der Waals surface area contributed by atoms with Crippen LogP contribution >= 0.6 is 0 Å². The highest BCUT2D eigenvalue weighted by atomic mass is 16.5. The number of carbonyl (C=O) groups excluding carboxylic acids is 1. The Kier molecular flexibility index (Phi) is 8.00. The summed E-state index contributed by atoms with van der Waals surface area (Å²) < 4.78 is 11.5. The first-order valence-electron chi connectivity index (χ1n) is 9.37. The van der Waals surface area contributed by atoms with Gasteiger partial charge in [0, 0.05) is 12.1 Å². The zero-order valence-corrected chi connectivity index (χ0v) is 16.0. The number of ether oxygens (including phenoxy) is 2. The van der Waals surface area contributed by atoms with Crippen molar-refractivity contribution in [1.82, 2.24) is 0 Å². The minimum atomic E-state index is 0.00934. The highest BCUT2D eigenvalue weighted by Gasteiger charge is 2.09. The first-order valence-corrected chi connectivity index (χ1v) is 9.37. The molecular formula is C22H29NO3. The smallest absolute Gasteiger partial charge is 0.224 e. The van der Waals surface area contributed by atoms with Gasteiger partial charge in [-0.3, -0.25) is 4.79 Å². The third-order valence-electron chi connectivity index (χ3n) is 4.04. The van der Waals surface area contributed by atoms with Gasteiger partial charge in [-0.05, 0) is 56.5 Å². The fourth-order valence-corrected chi connectivity index (χ4v) is 2.54. The summed E-state index contributed by atoms with van der Waals surface area (Å²) in [5.41, 5.74) is 3.07. The average molecular weight is 355 g/mol. The second kappa shape index (κ2) is 10.5. The van der Waals surface area contributed by atoms with Crippen molar-refractivity contribution in [3.63, 3.8) is 0 Å². The number of benzene rings is 2. The largest absolute Gasteiger partial charge is 0.490 e. The molecule has 0 saturated heterocycles. The van der Waals surface area contributed by atoms with Crippen molar-refractivity contribution < 1.29 is 14.3 Å². The lowest BCUT2D eigenvalue weighted by molar-refractivity contribution is -0.116. The van der Waals surface area contributed by atoms with Crippen LogP contribution in [-0.4, -0.2) is 19.1 Å². The predicted octanol–water partition coefficient (Wildman–Crippen LogP) is 5.14. The number of hydrogen-bond donors (Lipinski definition) is 1. The van der Waals surface area contributed by atoms with Gasteiger partial charge in [-0.15, -0.1) is 0 Å². The first-order chi connectivity index (χ1) is 12.6. The molecule has 0 aromatic heterocycles. The molecule has 0 aliphatic rings. The lowest BCUT2D eigenvalue weighted by atomic mass is 10.1. The van der Waals surface area contributed by atoms with E-state index in [0.29, 0.717) is 26.1 Å². The van der Waals surface area contributed by atoms with Gasteiger partial charge in [0.05, 0.1) is 13.2 Å². The third kappa shape index (κ3) is 6.43. The van der Waals surface area contributed by atoms with Crippen molar-refractivity contribution in [2.75, 3.05) is 18.5 Å². The van der Waals surface area contributed by atoms with Crippen molar-refractivity contribution in [3.8, 4) is 11.5 Å². The van der Waals surface area contributed by atoms with E-state index < -0.39 is 0 Å². The van der Waals surface area contributed by atoms with Crippen LogP contribution in [-0.2, 0) is 11.2 Å². The highest BCUT2D eigenvalue weighted by molar-refractivity contribution is 5.90. The number of hydrogen-bond acceptors (Lipinski definition) is 3. The van der Waals surface area contributed by atoms with E-state index in [9.17, 15) is 4.79 Å². The Morgan fingerprint density at radius 2 is 1.77 bits per heavy atom. The molecule has 0 radical (unpaired) electrons. The van der Waals surface area contributed by atoms with Crippen LogP contribution < -0.4 is 14.8 Å². The van der Waals surface area contributed by atoms with Crippen LogP contribution in [0.25, 0.3) is 0 Å². The van der Waals surface area contributed by atoms with Gasteiger partial charge in [-0.2, -0.15) is 0 Å². The van der Waals surface area contributed by atoms with E-state index in [1.165, 1.54) is 5.56 Å². The van der Waals surface area contributed by atoms with Crippen LogP contribution in [0, 0.1) is 6.92 Å². The Balaban J connectivity index is 1.92. The molecule has 4 nitrogen and oxygen atoms in total. The monoisotopic (exact) mass is 355 g/mol. The summed E-state index contributed by atoms with van der Waals surface area (Å²) in [4.78, 5) is 12.2. The summed E-state index contributed by atoms with van der Waals surface area (Å²) in [5, 5.41) is 2.93. The molecular weight excluding hydrogens is 326 g/mol. The maximum atomic E-state index is 12.2. The first kappa shape index (κ1) is 19.8. The molecule has 4 heteroatoms. The second-order valence-electron chi connectivity index (χ2n) is 6.33. The minimum absolute atomic E-state index is 0.00934. The number of aryl methyl sites for hydroxylation is 2. The van der Waals surface area contributed by atoms with E-state index in [0.717, 1.165) is 35.6 Å². The summed E-state index contributed by atoms with van der Waals surface area (Å²) in [5.74, 6) is 1.53. The lowest BCUT2D eigenvalue weighted by Gasteiger charge is -2.13. The van der Waals surface area contributed by atoms with Crippen LogP contribution in [0.5, 0.6) is 11.5 Å². The molecule has 2 rings (SSSR count). The van der Waals surface area contributed by atoms with Crippen molar-refractivity contribution >= 4 is 11.6 Å². The molecule has 0 saturated carbocycles. The van der Waals surface area contributed by atoms with Crippen molar-refractivity contribution in [2.24, 2.45) is 0 Å². The van der Waals surface area contributed by atoms with Gasteiger partial charge in [0.2, 0.25) is 5.91 Å². The van der Waals surface area contributed by atoms with Gasteiger partial charge in [0.15, 0.2) is 11.5 Å². The normalized spacial score (nSPS) is 10.4. The highest BCUT2D eigenvalue weighted by Crippen LogP contribution is 2.29. The lowest BCUT2D eigenvalue weighted by Crippen LogP contribution is -2.12. The van der Waals surface area contributed by atoms with Gasteiger partial charge in [-0.25, -0.2) is 0 Å². The summed E-state index contributed by atoms with van der Waals surface area (Å²) >= 11 is 0. The van der Waals surface area contributed by atoms with Crippen molar-refractivity contribution in [2.45, 2.75) is 46.5 Å². The molecule has 0 bridgehead atoms. The van der Waals surface area contributed by atoms with E-state index >= 15 is 0 Å². The standard InChI is InChI=1S/C22H29NO3/c1-4-6-15-26-20-13-9-18(16-21(20)25-5-2)10-14-22(24)23-19-11-7-17(3)8-12-19/h7-9,11-13,16H,4-6,10,14-15H2,1-3H3,(H,23,24). The van der Waals surface area contributed by atoms with E-state index in [-0.39, 0.29) is 5.91 Å². The number of amides is 1. The van der Waals surface area contributed by atoms with Crippen LogP contribution in [0.3, 0.4) is 0 Å². The van der Waals surface area contributed by atoms with E-state index in [1.54, 1.807) is 0 Å². The molecule has 0 spiro atoms. The van der Waals surface area contributed by atoms with Gasteiger partial charge < -0.3 is 14.8 Å². The van der Waals surface area contributed by atoms with Gasteiger partial charge in [-0.1, -0.05) is 37.1 Å². The number of carbonyl (C=O) groups is 1. The zero-order valence-electron chi connectivity index (χ0n) is 16.0. The number of unbranched alkanes of at least 4 members (excludes halogenated alkanes) is 1. The van der Waals surface area contributed by atoms with E-state index in [4.69, 9.17) is 9.47 Å². The SMILES string of the molecule is CCCCOc1ccc(CCC(=O)Nc2ccc(C)cc2)cc1OCC. The number of rotatable bonds is 10. The molecule has 0 aliphatic heterocycles. The Morgan fingerprint density at radius 3 is 2.46 bits per heavy atom. The minimum Gasteiger partial charge on any atom is -0.490 e. The molecule has 0 atom stereocenters. The van der Waals surface area contributed by atoms with Crippen LogP contribution in [0.4, 0.5) is 5.69 Å². The van der Waals surface area contributed by atoms with E-state index in [2.05, 4.69) is 12.2 Å². The quantitative estimate of drug-likeness (QED) is 0.600. The van der Waals surface area contributed by atoms with Gasteiger partial charge >= 0.3 is 0 Å². The van der Waals surface area contributed by atoms with Gasteiger partial charge in [0.25, 0.3) is 0 Å². The third-order valence-corrected chi connectivity index (χ3v) is 4.04. The topological polar surface area (TPSA) is 47.6 Å². The van der Waals surface area contributed by atoms with Crippen molar-refractivity contribution in [1.29, 1.82) is 0 Å². The fraction of sp³-hybridized carbons (Fsp3) is 0.409. The second-order valence-corrected chi connectivity index (χ2v) is 6.33. The summed E-state index contributed by atoms with van der Waals surface area (Å²) in [7, 11) is 0. The predicted molar refractivity (Wildman–Crippen MR) is 106 cm³/mol. The molecule has 1 N–H and O–H groups in total. The summed E-state index contributed by atoms with van der Waals surface area (Å²) in [6.07, 6.45) is 3.20. The molecule has 0 unspecified atom stereocenters. The van der Waals surface area contributed by atoms with Crippen LogP contribution in [0.2, 0.25) is 0 Å². The Bertz CT molecular complexity index is 695. The summed E-state index contributed by atoms with van der Waals surface area (Å²) in [6, 6.07) is 13.7. The molecule has 0 heterocycles. The molecule has 2 aromatic carbocycles. The summed E-state index contributed by atoms with van der Waals surface area (Å²) in [6.45, 7) is 7.39. The Hall–Kier alpha value is -2.49. The number of nitrogens with one attached hydrogen (secondary N) is 1. The molecule has 26 heavy (non-hydrogen) atoms. The maximum Gasteiger partial charge on any atom is 0.224 e. The maximum absolute atomic E-state index is 12.2. The molecule has 140 valence electrons. The molecule has 0 aliphatic carbocycles. The number of anilines is 1. The molecule has 0 fully saturated rings. The van der Waals surface area contributed by atoms with Crippen LogP contribution in [0.1, 0.15) is 44.2 Å². The zero-order chi connectivity index (χ0) is 18.8. The van der Waals surface area contributed by atoms with Crippen LogP contribution in [0.15, 0.2) is 42.5 Å². The van der Waals surface area contributed by atoms with Crippen molar-refractivity contribution in [3.05, 3.63) is 53.6 Å². The molecule has 1 amide bonds. The fourth-order valence-electron chi connectivity index (χ4n) is 2.54. The van der Waals surface area contributed by atoms with Gasteiger partial charge in [0.1, 0.15) is 0 Å². The van der Waals surface area contributed by atoms with E-state index in [1.807, 2.05) is 56.3 Å². The Labute approximate surface area is 156 Å².